The van der Waals surface area contributed by atoms with E-state index in [9.17, 15) is 9.18 Å². The van der Waals surface area contributed by atoms with Crippen LogP contribution in [-0.2, 0) is 4.79 Å². The van der Waals surface area contributed by atoms with E-state index in [0.717, 1.165) is 38.2 Å². The van der Waals surface area contributed by atoms with Crippen molar-refractivity contribution in [1.82, 2.24) is 15.5 Å². The number of amides is 1. The summed E-state index contributed by atoms with van der Waals surface area (Å²) in [5.74, 6) is -0.221. The minimum absolute atomic E-state index is 0. The van der Waals surface area contributed by atoms with Crippen molar-refractivity contribution in [3.8, 4) is 0 Å². The number of piperazine rings is 1. The Morgan fingerprint density at radius 3 is 2.28 bits per heavy atom. The van der Waals surface area contributed by atoms with Crippen molar-refractivity contribution in [2.75, 3.05) is 32.7 Å². The SMILES string of the molecule is CC(C)(C)CC(NC(=O)CN1CCNCC1)c1ccc(F)cc1.Cl.Cl. The molecule has 0 radical (unpaired) electrons. The Hall–Kier alpha value is -0.880. The van der Waals surface area contributed by atoms with Crippen LogP contribution >= 0.6 is 24.8 Å². The number of hydrogen-bond donors (Lipinski definition) is 2. The highest BCUT2D eigenvalue weighted by Gasteiger charge is 2.23. The highest BCUT2D eigenvalue weighted by atomic mass is 35.5. The number of halogens is 3. The lowest BCUT2D eigenvalue weighted by molar-refractivity contribution is -0.123. The highest BCUT2D eigenvalue weighted by molar-refractivity contribution is 5.85. The summed E-state index contributed by atoms with van der Waals surface area (Å²) < 4.78 is 13.2. The second kappa shape index (κ2) is 11.0. The van der Waals surface area contributed by atoms with Crippen molar-refractivity contribution >= 4 is 30.7 Å². The van der Waals surface area contributed by atoms with Crippen LogP contribution in [0.4, 0.5) is 4.39 Å². The number of rotatable bonds is 5. The largest absolute Gasteiger partial charge is 0.348 e. The third kappa shape index (κ3) is 8.86. The van der Waals surface area contributed by atoms with E-state index < -0.39 is 0 Å². The average molecular weight is 394 g/mol. The number of benzene rings is 1. The van der Waals surface area contributed by atoms with Gasteiger partial charge in [-0.15, -0.1) is 24.8 Å². The lowest BCUT2D eigenvalue weighted by Crippen LogP contribution is -2.48. The van der Waals surface area contributed by atoms with E-state index in [1.54, 1.807) is 12.1 Å². The zero-order valence-electron chi connectivity index (χ0n) is 15.2. The molecule has 1 aromatic carbocycles. The Bertz CT molecular complexity index is 514. The first kappa shape index (κ1) is 24.1. The number of hydrogen-bond acceptors (Lipinski definition) is 3. The Labute approximate surface area is 162 Å². The molecule has 0 spiro atoms. The maximum absolute atomic E-state index is 13.2. The van der Waals surface area contributed by atoms with E-state index in [-0.39, 0.29) is 48.0 Å². The fourth-order valence-corrected chi connectivity index (χ4v) is 2.87. The molecule has 1 aliphatic rings. The third-order valence-corrected chi connectivity index (χ3v) is 4.00. The summed E-state index contributed by atoms with van der Waals surface area (Å²) in [7, 11) is 0. The Balaban J connectivity index is 0.00000288. The van der Waals surface area contributed by atoms with Crippen LogP contribution in [0.3, 0.4) is 0 Å². The van der Waals surface area contributed by atoms with Crippen LogP contribution in [0.25, 0.3) is 0 Å². The van der Waals surface area contributed by atoms with Crippen molar-refractivity contribution in [3.63, 3.8) is 0 Å². The van der Waals surface area contributed by atoms with E-state index in [0.29, 0.717) is 6.54 Å². The third-order valence-electron chi connectivity index (χ3n) is 4.00. The van der Waals surface area contributed by atoms with Gasteiger partial charge in [-0.2, -0.15) is 0 Å². The van der Waals surface area contributed by atoms with Gasteiger partial charge in [0.2, 0.25) is 5.91 Å². The van der Waals surface area contributed by atoms with E-state index >= 15 is 0 Å². The molecule has 2 N–H and O–H groups in total. The van der Waals surface area contributed by atoms with Crippen molar-refractivity contribution in [1.29, 1.82) is 0 Å². The Kier molecular flexibility index (Phi) is 10.6. The number of carbonyl (C=O) groups is 1. The summed E-state index contributed by atoms with van der Waals surface area (Å²) in [4.78, 5) is 14.6. The first-order valence-corrected chi connectivity index (χ1v) is 8.31. The zero-order valence-corrected chi connectivity index (χ0v) is 16.8. The first-order valence-electron chi connectivity index (χ1n) is 8.31. The molecule has 1 amide bonds. The van der Waals surface area contributed by atoms with Gasteiger partial charge >= 0.3 is 0 Å². The monoisotopic (exact) mass is 393 g/mol. The van der Waals surface area contributed by atoms with Gasteiger partial charge in [-0.25, -0.2) is 4.39 Å². The van der Waals surface area contributed by atoms with Crippen molar-refractivity contribution in [2.24, 2.45) is 5.41 Å². The van der Waals surface area contributed by atoms with Gasteiger partial charge in [0.15, 0.2) is 0 Å². The van der Waals surface area contributed by atoms with Crippen LogP contribution in [-0.4, -0.2) is 43.5 Å². The van der Waals surface area contributed by atoms with Gasteiger partial charge in [-0.1, -0.05) is 32.9 Å². The molecule has 1 aliphatic heterocycles. The molecular weight excluding hydrogens is 364 g/mol. The van der Waals surface area contributed by atoms with Crippen LogP contribution in [0.1, 0.15) is 38.8 Å². The van der Waals surface area contributed by atoms with Crippen LogP contribution < -0.4 is 10.6 Å². The molecule has 0 saturated carbocycles. The molecule has 144 valence electrons. The molecule has 1 aromatic rings. The molecule has 1 saturated heterocycles. The van der Waals surface area contributed by atoms with E-state index in [2.05, 4.69) is 36.3 Å². The van der Waals surface area contributed by atoms with Crippen LogP contribution in [0, 0.1) is 11.2 Å². The van der Waals surface area contributed by atoms with Crippen molar-refractivity contribution < 1.29 is 9.18 Å². The van der Waals surface area contributed by atoms with E-state index in [4.69, 9.17) is 0 Å². The molecule has 0 bridgehead atoms. The zero-order chi connectivity index (χ0) is 16.9. The number of nitrogens with one attached hydrogen (secondary N) is 2. The minimum Gasteiger partial charge on any atom is -0.348 e. The minimum atomic E-state index is -0.254. The maximum atomic E-state index is 13.2. The van der Waals surface area contributed by atoms with Crippen LogP contribution in [0.15, 0.2) is 24.3 Å². The predicted octanol–water partition coefficient (Wildman–Crippen LogP) is 3.17. The van der Waals surface area contributed by atoms with Crippen molar-refractivity contribution in [3.05, 3.63) is 35.6 Å². The average Bonchev–Trinajstić information content (AvgIpc) is 2.47. The van der Waals surface area contributed by atoms with Gasteiger partial charge in [0.1, 0.15) is 5.82 Å². The first-order chi connectivity index (χ1) is 10.8. The summed E-state index contributed by atoms with van der Waals surface area (Å²) >= 11 is 0. The second-order valence-electron chi connectivity index (χ2n) is 7.46. The smallest absolute Gasteiger partial charge is 0.234 e. The fraction of sp³-hybridized carbons (Fsp3) is 0.611. The molecule has 1 fully saturated rings. The van der Waals surface area contributed by atoms with Gasteiger partial charge in [0.05, 0.1) is 12.6 Å². The van der Waals surface area contributed by atoms with Crippen molar-refractivity contribution in [2.45, 2.75) is 33.2 Å². The molecule has 1 heterocycles. The normalized spacial score (nSPS) is 16.3. The van der Waals surface area contributed by atoms with E-state index in [1.807, 2.05) is 0 Å². The molecule has 4 nitrogen and oxygen atoms in total. The van der Waals surface area contributed by atoms with Crippen LogP contribution in [0.2, 0.25) is 0 Å². The summed E-state index contributed by atoms with van der Waals surface area (Å²) in [5.41, 5.74) is 1.02. The van der Waals surface area contributed by atoms with Gasteiger partial charge < -0.3 is 10.6 Å². The van der Waals surface area contributed by atoms with E-state index in [1.165, 1.54) is 12.1 Å². The standard InChI is InChI=1S/C18H28FN3O.2ClH/c1-18(2,3)12-16(14-4-6-15(19)7-5-14)21-17(23)13-22-10-8-20-9-11-22;;/h4-7,16,20H,8-13H2,1-3H3,(H,21,23);2*1H. The molecule has 7 heteroatoms. The molecule has 2 rings (SSSR count). The van der Waals surface area contributed by atoms with Gasteiger partial charge in [0, 0.05) is 26.2 Å². The lowest BCUT2D eigenvalue weighted by atomic mass is 9.85. The highest BCUT2D eigenvalue weighted by Crippen LogP contribution is 2.29. The second-order valence-corrected chi connectivity index (χ2v) is 7.46. The molecular formula is C18H30Cl2FN3O. The maximum Gasteiger partial charge on any atom is 0.234 e. The molecule has 25 heavy (non-hydrogen) atoms. The summed E-state index contributed by atoms with van der Waals surface area (Å²) in [6.45, 7) is 10.5. The lowest BCUT2D eigenvalue weighted by Gasteiger charge is -2.30. The Morgan fingerprint density at radius 1 is 1.20 bits per heavy atom. The van der Waals surface area contributed by atoms with Crippen LogP contribution in [0.5, 0.6) is 0 Å². The Morgan fingerprint density at radius 2 is 1.76 bits per heavy atom. The molecule has 0 aromatic heterocycles. The van der Waals surface area contributed by atoms with Gasteiger partial charge in [0.25, 0.3) is 0 Å². The van der Waals surface area contributed by atoms with Gasteiger partial charge in [-0.05, 0) is 29.5 Å². The quantitative estimate of drug-likeness (QED) is 0.807. The summed E-state index contributed by atoms with van der Waals surface area (Å²) in [6.07, 6.45) is 0.811. The molecule has 1 unspecified atom stereocenters. The number of nitrogens with zero attached hydrogens (tertiary/aromatic N) is 1. The molecule has 0 aliphatic carbocycles. The summed E-state index contributed by atoms with van der Waals surface area (Å²) in [6, 6.07) is 6.33. The summed E-state index contributed by atoms with van der Waals surface area (Å²) in [5, 5.41) is 6.42. The van der Waals surface area contributed by atoms with Gasteiger partial charge in [-0.3, -0.25) is 9.69 Å². The molecule has 1 atom stereocenters. The fourth-order valence-electron chi connectivity index (χ4n) is 2.87. The predicted molar refractivity (Wildman–Crippen MR) is 105 cm³/mol. The topological polar surface area (TPSA) is 44.4 Å². The number of carbonyl (C=O) groups excluding carboxylic acids is 1.